The molecule has 2 aromatic rings. The van der Waals surface area contributed by atoms with Gasteiger partial charge in [-0.15, -0.1) is 0 Å². The number of hydrogen-bond acceptors (Lipinski definition) is 6. The molecule has 0 aliphatic carbocycles. The van der Waals surface area contributed by atoms with Crippen LogP contribution >= 0.6 is 0 Å². The summed E-state index contributed by atoms with van der Waals surface area (Å²) in [5, 5.41) is 18.2. The number of carbonyl (C=O) groups excluding carboxylic acids is 2. The second-order valence-corrected chi connectivity index (χ2v) is 7.13. The molecule has 2 atom stereocenters. The molecule has 2 aliphatic rings. The number of aliphatic hydroxyl groups is 1. The van der Waals surface area contributed by atoms with E-state index in [1.165, 1.54) is 4.90 Å². The molecule has 144 valence electrons. The minimum absolute atomic E-state index is 0.154. The number of hydrogen-bond donors (Lipinski definition) is 1. The molecule has 4 rings (SSSR count). The van der Waals surface area contributed by atoms with E-state index in [0.29, 0.717) is 17.9 Å². The average molecular weight is 378 g/mol. The van der Waals surface area contributed by atoms with Crippen molar-refractivity contribution in [2.24, 2.45) is 10.2 Å². The first-order valence-electron chi connectivity index (χ1n) is 9.47. The van der Waals surface area contributed by atoms with Crippen molar-refractivity contribution in [3.05, 3.63) is 54.6 Å². The van der Waals surface area contributed by atoms with Crippen molar-refractivity contribution < 1.29 is 14.7 Å². The van der Waals surface area contributed by atoms with Crippen LogP contribution in [0.1, 0.15) is 19.3 Å². The Morgan fingerprint density at radius 3 is 2.29 bits per heavy atom. The van der Waals surface area contributed by atoms with Crippen LogP contribution in [-0.2, 0) is 9.59 Å². The average Bonchev–Trinajstić information content (AvgIpc) is 3.02. The summed E-state index contributed by atoms with van der Waals surface area (Å²) in [6.45, 7) is 1.17. The van der Waals surface area contributed by atoms with Crippen molar-refractivity contribution >= 4 is 28.9 Å². The third-order valence-electron chi connectivity index (χ3n) is 5.14. The molecular formula is C21H22N4O3. The minimum Gasteiger partial charge on any atom is -0.392 e. The van der Waals surface area contributed by atoms with Crippen molar-refractivity contribution in [3.63, 3.8) is 0 Å². The highest BCUT2D eigenvalue weighted by atomic mass is 16.3. The second kappa shape index (κ2) is 8.00. The van der Waals surface area contributed by atoms with Gasteiger partial charge in [0.05, 0.1) is 35.6 Å². The molecule has 2 saturated heterocycles. The van der Waals surface area contributed by atoms with E-state index in [9.17, 15) is 14.7 Å². The van der Waals surface area contributed by atoms with E-state index >= 15 is 0 Å². The molecule has 7 nitrogen and oxygen atoms in total. The van der Waals surface area contributed by atoms with E-state index < -0.39 is 12.1 Å². The second-order valence-electron chi connectivity index (χ2n) is 7.13. The molecule has 2 fully saturated rings. The Morgan fingerprint density at radius 1 is 0.929 bits per heavy atom. The third-order valence-corrected chi connectivity index (χ3v) is 5.14. The lowest BCUT2D eigenvalue weighted by atomic mass is 10.1. The van der Waals surface area contributed by atoms with E-state index in [1.807, 2.05) is 35.2 Å². The van der Waals surface area contributed by atoms with E-state index in [4.69, 9.17) is 0 Å². The highest BCUT2D eigenvalue weighted by Gasteiger charge is 2.43. The van der Waals surface area contributed by atoms with Crippen LogP contribution in [0.3, 0.4) is 0 Å². The van der Waals surface area contributed by atoms with Crippen LogP contribution in [0, 0.1) is 0 Å². The van der Waals surface area contributed by atoms with Gasteiger partial charge in [-0.25, -0.2) is 4.90 Å². The fourth-order valence-corrected chi connectivity index (χ4v) is 3.72. The van der Waals surface area contributed by atoms with Crippen molar-refractivity contribution in [1.82, 2.24) is 4.90 Å². The molecule has 7 heteroatoms. The topological polar surface area (TPSA) is 85.6 Å². The fourth-order valence-electron chi connectivity index (χ4n) is 3.72. The third kappa shape index (κ3) is 3.85. The summed E-state index contributed by atoms with van der Waals surface area (Å²) in [7, 11) is 0. The van der Waals surface area contributed by atoms with Gasteiger partial charge >= 0.3 is 0 Å². The van der Waals surface area contributed by atoms with Crippen LogP contribution in [0.5, 0.6) is 0 Å². The molecule has 0 radical (unpaired) electrons. The summed E-state index contributed by atoms with van der Waals surface area (Å²) >= 11 is 0. The monoisotopic (exact) mass is 378 g/mol. The lowest BCUT2D eigenvalue weighted by Gasteiger charge is -2.33. The molecule has 0 spiro atoms. The Balaban J connectivity index is 1.47. The van der Waals surface area contributed by atoms with Crippen LogP contribution in [-0.4, -0.2) is 47.1 Å². The molecule has 28 heavy (non-hydrogen) atoms. The number of carbonyl (C=O) groups is 2. The molecule has 0 bridgehead atoms. The number of benzene rings is 2. The minimum atomic E-state index is -0.486. The largest absolute Gasteiger partial charge is 0.392 e. The maximum Gasteiger partial charge on any atom is 0.251 e. The van der Waals surface area contributed by atoms with E-state index in [1.54, 1.807) is 24.3 Å². The number of amides is 2. The van der Waals surface area contributed by atoms with E-state index in [0.717, 1.165) is 25.1 Å². The number of nitrogens with zero attached hydrogens (tertiary/aromatic N) is 4. The summed E-state index contributed by atoms with van der Waals surface area (Å²) in [6, 6.07) is 15.8. The Labute approximate surface area is 163 Å². The number of azo groups is 1. The number of β-amino-alcohol motifs (C(OH)–C–C–N with tert-alkyl or cyclic N) is 1. The molecule has 0 unspecified atom stereocenters. The van der Waals surface area contributed by atoms with Gasteiger partial charge in [-0.1, -0.05) is 18.2 Å². The number of piperidine rings is 1. The van der Waals surface area contributed by atoms with Crippen LogP contribution in [0.15, 0.2) is 64.8 Å². The summed E-state index contributed by atoms with van der Waals surface area (Å²) < 4.78 is 0. The Hall–Kier alpha value is -2.90. The van der Waals surface area contributed by atoms with Gasteiger partial charge in [0.25, 0.3) is 5.91 Å². The van der Waals surface area contributed by atoms with Gasteiger partial charge in [-0.2, -0.15) is 10.2 Å². The van der Waals surface area contributed by atoms with Gasteiger partial charge in [-0.05, 0) is 55.8 Å². The molecule has 2 aliphatic heterocycles. The number of anilines is 1. The fraction of sp³-hybridized carbons (Fsp3) is 0.333. The van der Waals surface area contributed by atoms with Gasteiger partial charge in [0.1, 0.15) is 0 Å². The highest BCUT2D eigenvalue weighted by Crippen LogP contribution is 2.29. The van der Waals surface area contributed by atoms with Crippen LogP contribution < -0.4 is 4.90 Å². The van der Waals surface area contributed by atoms with Gasteiger partial charge < -0.3 is 5.11 Å². The predicted molar refractivity (Wildman–Crippen MR) is 105 cm³/mol. The van der Waals surface area contributed by atoms with Crippen molar-refractivity contribution in [1.29, 1.82) is 0 Å². The number of imide groups is 1. The Bertz CT molecular complexity index is 882. The molecule has 0 saturated carbocycles. The smallest absolute Gasteiger partial charge is 0.251 e. The summed E-state index contributed by atoms with van der Waals surface area (Å²) in [5.74, 6) is -0.438. The highest BCUT2D eigenvalue weighted by molar-refractivity contribution is 6.22. The molecule has 2 aromatic carbocycles. The van der Waals surface area contributed by atoms with Gasteiger partial charge in [0.15, 0.2) is 0 Å². The molecule has 0 aromatic heterocycles. The van der Waals surface area contributed by atoms with Crippen LogP contribution in [0.4, 0.5) is 17.1 Å². The summed E-state index contributed by atoms with van der Waals surface area (Å²) in [5.41, 5.74) is 1.93. The van der Waals surface area contributed by atoms with Crippen LogP contribution in [0.25, 0.3) is 0 Å². The molecule has 2 heterocycles. The zero-order valence-corrected chi connectivity index (χ0v) is 15.4. The normalized spacial score (nSPS) is 23.7. The van der Waals surface area contributed by atoms with Gasteiger partial charge in [0, 0.05) is 6.54 Å². The molecular weight excluding hydrogens is 356 g/mol. The predicted octanol–water partition coefficient (Wildman–Crippen LogP) is 3.19. The summed E-state index contributed by atoms with van der Waals surface area (Å²) in [4.78, 5) is 28.5. The number of likely N-dealkylation sites (tertiary alicyclic amines) is 1. The first kappa shape index (κ1) is 18.5. The molecule has 1 N–H and O–H groups in total. The van der Waals surface area contributed by atoms with Crippen molar-refractivity contribution in [2.45, 2.75) is 31.4 Å². The zero-order chi connectivity index (χ0) is 19.5. The summed E-state index contributed by atoms with van der Waals surface area (Å²) in [6.07, 6.45) is 1.30. The van der Waals surface area contributed by atoms with Crippen molar-refractivity contribution in [3.8, 4) is 0 Å². The zero-order valence-electron chi connectivity index (χ0n) is 15.4. The van der Waals surface area contributed by atoms with E-state index in [-0.39, 0.29) is 18.2 Å². The first-order valence-corrected chi connectivity index (χ1v) is 9.47. The van der Waals surface area contributed by atoms with Crippen molar-refractivity contribution in [2.75, 3.05) is 18.0 Å². The van der Waals surface area contributed by atoms with Gasteiger partial charge in [-0.3, -0.25) is 14.5 Å². The Morgan fingerprint density at radius 2 is 1.61 bits per heavy atom. The number of rotatable bonds is 4. The first-order chi connectivity index (χ1) is 13.6. The maximum atomic E-state index is 12.9. The van der Waals surface area contributed by atoms with Crippen LogP contribution in [0.2, 0.25) is 0 Å². The van der Waals surface area contributed by atoms with E-state index in [2.05, 4.69) is 10.2 Å². The quantitative estimate of drug-likeness (QED) is 0.654. The Kier molecular flexibility index (Phi) is 5.27. The molecule has 2 amide bonds. The lowest BCUT2D eigenvalue weighted by Crippen LogP contribution is -2.48. The van der Waals surface area contributed by atoms with Gasteiger partial charge in [0.2, 0.25) is 5.91 Å². The maximum absolute atomic E-state index is 12.9. The standard InChI is InChI=1S/C21H22N4O3/c26-18-7-4-12-24(14-18)19-13-20(27)25(21(19)28)17-10-8-16(9-11-17)23-22-15-5-2-1-3-6-15/h1-3,5-6,8-11,18-19,26H,4,7,12-14H2/t18-,19+/m0/s1. The lowest BCUT2D eigenvalue weighted by molar-refractivity contribution is -0.123. The SMILES string of the molecule is O=C1C[C@@H](N2CCC[C@H](O)C2)C(=O)N1c1ccc(N=Nc2ccccc2)cc1. The number of aliphatic hydroxyl groups excluding tert-OH is 1.